The van der Waals surface area contributed by atoms with Crippen LogP contribution in [0.25, 0.3) is 0 Å². The van der Waals surface area contributed by atoms with Gasteiger partial charge in [0, 0.05) is 18.8 Å². The fraction of sp³-hybridized carbons (Fsp3) is 0.188. The number of rotatable bonds is 5. The number of hydrogen-bond acceptors (Lipinski definition) is 4. The van der Waals surface area contributed by atoms with E-state index in [1.165, 1.54) is 19.5 Å². The van der Waals surface area contributed by atoms with Gasteiger partial charge in [0.15, 0.2) is 0 Å². The van der Waals surface area contributed by atoms with Crippen molar-refractivity contribution >= 4 is 17.7 Å². The van der Waals surface area contributed by atoms with Crippen molar-refractivity contribution in [1.29, 1.82) is 0 Å². The van der Waals surface area contributed by atoms with Crippen LogP contribution in [0.5, 0.6) is 0 Å². The van der Waals surface area contributed by atoms with Gasteiger partial charge in [-0.05, 0) is 17.7 Å². The van der Waals surface area contributed by atoms with Crippen LogP contribution in [0.4, 0.5) is 10.5 Å². The minimum absolute atomic E-state index is 0.174. The van der Waals surface area contributed by atoms with E-state index < -0.39 is 18.1 Å². The van der Waals surface area contributed by atoms with Gasteiger partial charge in [-0.15, -0.1) is 0 Å². The molecule has 0 saturated heterocycles. The fourth-order valence-corrected chi connectivity index (χ4v) is 2.14. The molecular formula is C16H16N2O4. The topological polar surface area (TPSA) is 79.7 Å². The van der Waals surface area contributed by atoms with E-state index in [0.717, 1.165) is 10.5 Å². The van der Waals surface area contributed by atoms with Gasteiger partial charge in [0.05, 0.1) is 12.8 Å². The number of carbonyl (C=O) groups is 2. The van der Waals surface area contributed by atoms with Gasteiger partial charge in [0.2, 0.25) is 0 Å². The number of nitrogens with zero attached hydrogens (tertiary/aromatic N) is 2. The molecule has 1 atom stereocenters. The van der Waals surface area contributed by atoms with Gasteiger partial charge in [-0.2, -0.15) is 0 Å². The summed E-state index contributed by atoms with van der Waals surface area (Å²) in [5.74, 6) is -1.11. The lowest BCUT2D eigenvalue weighted by atomic mass is 10.0. The molecule has 0 fully saturated rings. The Morgan fingerprint density at radius 3 is 2.36 bits per heavy atom. The van der Waals surface area contributed by atoms with Gasteiger partial charge in [-0.25, -0.2) is 9.59 Å². The number of aromatic nitrogens is 1. The Labute approximate surface area is 128 Å². The van der Waals surface area contributed by atoms with E-state index in [9.17, 15) is 14.7 Å². The molecule has 22 heavy (non-hydrogen) atoms. The molecule has 2 aromatic rings. The molecule has 1 aromatic heterocycles. The van der Waals surface area contributed by atoms with Crippen molar-refractivity contribution in [3.05, 3.63) is 60.4 Å². The van der Waals surface area contributed by atoms with Crippen LogP contribution in [0, 0.1) is 0 Å². The number of carbonyl (C=O) groups excluding carboxylic acids is 1. The molecule has 0 saturated carbocycles. The smallest absolute Gasteiger partial charge is 0.414 e. The molecule has 114 valence electrons. The largest absolute Gasteiger partial charge is 0.480 e. The summed E-state index contributed by atoms with van der Waals surface area (Å²) in [5, 5.41) is 9.55. The lowest BCUT2D eigenvalue weighted by Gasteiger charge is -2.27. The van der Waals surface area contributed by atoms with Crippen molar-refractivity contribution in [2.45, 2.75) is 12.5 Å². The lowest BCUT2D eigenvalue weighted by Crippen LogP contribution is -2.46. The molecule has 0 spiro atoms. The molecule has 1 unspecified atom stereocenters. The molecule has 0 aliphatic rings. The summed E-state index contributed by atoms with van der Waals surface area (Å²) in [4.78, 5) is 28.7. The fourth-order valence-electron chi connectivity index (χ4n) is 2.14. The van der Waals surface area contributed by atoms with Gasteiger partial charge < -0.3 is 9.84 Å². The van der Waals surface area contributed by atoms with E-state index in [1.54, 1.807) is 12.1 Å². The molecule has 0 bridgehead atoms. The van der Waals surface area contributed by atoms with E-state index in [0.29, 0.717) is 5.69 Å². The number of aliphatic carboxylic acids is 1. The third-order valence-electron chi connectivity index (χ3n) is 3.18. The summed E-state index contributed by atoms with van der Waals surface area (Å²) in [6, 6.07) is 11.2. The van der Waals surface area contributed by atoms with E-state index in [-0.39, 0.29) is 6.42 Å². The average Bonchev–Trinajstić information content (AvgIpc) is 2.55. The molecule has 1 heterocycles. The highest BCUT2D eigenvalue weighted by atomic mass is 16.5. The first-order valence-electron chi connectivity index (χ1n) is 6.67. The number of amides is 1. The molecule has 0 aliphatic carbocycles. The van der Waals surface area contributed by atoms with Gasteiger partial charge >= 0.3 is 12.1 Å². The maximum Gasteiger partial charge on any atom is 0.414 e. The second kappa shape index (κ2) is 7.21. The highest BCUT2D eigenvalue weighted by molar-refractivity contribution is 5.95. The first-order chi connectivity index (χ1) is 10.6. The molecule has 6 nitrogen and oxygen atoms in total. The van der Waals surface area contributed by atoms with Crippen molar-refractivity contribution in [3.8, 4) is 0 Å². The van der Waals surface area contributed by atoms with E-state index >= 15 is 0 Å². The molecule has 2 rings (SSSR count). The Kier molecular flexibility index (Phi) is 5.08. The summed E-state index contributed by atoms with van der Waals surface area (Å²) in [5.41, 5.74) is 1.24. The molecule has 1 N–H and O–H groups in total. The number of hydrogen-bond donors (Lipinski definition) is 1. The summed E-state index contributed by atoms with van der Waals surface area (Å²) >= 11 is 0. The standard InChI is InChI=1S/C16H16N2O4/c1-22-16(21)18(13-7-9-17-10-8-13)14(15(19)20)11-12-5-3-2-4-6-12/h2-10,14H,11H2,1H3,(H,19,20). The second-order valence-corrected chi connectivity index (χ2v) is 4.59. The number of carboxylic acids is 1. The third-order valence-corrected chi connectivity index (χ3v) is 3.18. The molecule has 1 amide bonds. The maximum atomic E-state index is 12.1. The molecule has 0 radical (unpaired) electrons. The molecule has 6 heteroatoms. The van der Waals surface area contributed by atoms with Crippen molar-refractivity contribution in [2.75, 3.05) is 12.0 Å². The van der Waals surface area contributed by atoms with E-state index in [4.69, 9.17) is 4.74 Å². The highest BCUT2D eigenvalue weighted by Crippen LogP contribution is 2.20. The van der Waals surface area contributed by atoms with Crippen molar-refractivity contribution < 1.29 is 19.4 Å². The minimum Gasteiger partial charge on any atom is -0.480 e. The van der Waals surface area contributed by atoms with Crippen molar-refractivity contribution in [3.63, 3.8) is 0 Å². The third kappa shape index (κ3) is 3.60. The quantitative estimate of drug-likeness (QED) is 0.917. The number of methoxy groups -OCH3 is 1. The minimum atomic E-state index is -1.11. The number of anilines is 1. The van der Waals surface area contributed by atoms with Crippen molar-refractivity contribution in [2.24, 2.45) is 0 Å². The first-order valence-corrected chi connectivity index (χ1v) is 6.67. The normalized spacial score (nSPS) is 11.5. The summed E-state index contributed by atoms with van der Waals surface area (Å²) in [7, 11) is 1.22. The molecular weight excluding hydrogens is 284 g/mol. The summed E-state index contributed by atoms with van der Waals surface area (Å²) in [6.45, 7) is 0. The van der Waals surface area contributed by atoms with Crippen LogP contribution in [0.1, 0.15) is 5.56 Å². The van der Waals surface area contributed by atoms with Crippen LogP contribution in [0.3, 0.4) is 0 Å². The summed E-state index contributed by atoms with van der Waals surface area (Å²) in [6.07, 6.45) is 2.43. The highest BCUT2D eigenvalue weighted by Gasteiger charge is 2.32. The van der Waals surface area contributed by atoms with Crippen LogP contribution in [-0.4, -0.2) is 35.3 Å². The van der Waals surface area contributed by atoms with Crippen LogP contribution >= 0.6 is 0 Å². The average molecular weight is 300 g/mol. The Morgan fingerprint density at radius 2 is 1.82 bits per heavy atom. The Morgan fingerprint density at radius 1 is 1.18 bits per heavy atom. The molecule has 0 aliphatic heterocycles. The van der Waals surface area contributed by atoms with E-state index in [2.05, 4.69) is 4.98 Å². The van der Waals surface area contributed by atoms with Crippen LogP contribution in [0.15, 0.2) is 54.9 Å². The second-order valence-electron chi connectivity index (χ2n) is 4.59. The van der Waals surface area contributed by atoms with E-state index in [1.807, 2.05) is 30.3 Å². The monoisotopic (exact) mass is 300 g/mol. The SMILES string of the molecule is COC(=O)N(c1ccncc1)C(Cc1ccccc1)C(=O)O. The van der Waals surface area contributed by atoms with Gasteiger partial charge in [0.25, 0.3) is 0 Å². The van der Waals surface area contributed by atoms with Gasteiger partial charge in [-0.3, -0.25) is 9.88 Å². The predicted octanol–water partition coefficient (Wildman–Crippen LogP) is 2.35. The van der Waals surface area contributed by atoms with Gasteiger partial charge in [0.1, 0.15) is 6.04 Å². The van der Waals surface area contributed by atoms with Crippen LogP contribution in [-0.2, 0) is 16.0 Å². The van der Waals surface area contributed by atoms with Gasteiger partial charge in [-0.1, -0.05) is 30.3 Å². The number of pyridine rings is 1. The molecule has 1 aromatic carbocycles. The number of benzene rings is 1. The number of carboxylic acid groups (broad SMARTS) is 1. The zero-order chi connectivity index (χ0) is 15.9. The zero-order valence-electron chi connectivity index (χ0n) is 12.0. The van der Waals surface area contributed by atoms with Crippen molar-refractivity contribution in [1.82, 2.24) is 4.98 Å². The summed E-state index contributed by atoms with van der Waals surface area (Å²) < 4.78 is 4.74. The van der Waals surface area contributed by atoms with Crippen LogP contribution < -0.4 is 4.90 Å². The Bertz CT molecular complexity index is 631. The first kappa shape index (κ1) is 15.5. The predicted molar refractivity (Wildman–Crippen MR) is 80.7 cm³/mol. The maximum absolute atomic E-state index is 12.1. The number of ether oxygens (including phenoxy) is 1. The lowest BCUT2D eigenvalue weighted by molar-refractivity contribution is -0.138. The van der Waals surface area contributed by atoms with Crippen LogP contribution in [0.2, 0.25) is 0 Å². The Balaban J connectivity index is 2.37. The Hall–Kier alpha value is -2.89. The zero-order valence-corrected chi connectivity index (χ0v) is 12.0.